The van der Waals surface area contributed by atoms with Crippen LogP contribution in [-0.4, -0.2) is 19.9 Å². The molecule has 0 amide bonds. The van der Waals surface area contributed by atoms with Crippen LogP contribution in [0.2, 0.25) is 0 Å². The van der Waals surface area contributed by atoms with E-state index in [9.17, 15) is 4.39 Å². The Hall–Kier alpha value is -0.110. The lowest BCUT2D eigenvalue weighted by atomic mass is 10.8. The molecule has 0 aliphatic rings. The summed E-state index contributed by atoms with van der Waals surface area (Å²) in [7, 11) is 0. The van der Waals surface area contributed by atoms with Crippen LogP contribution in [0.5, 0.6) is 0 Å². The number of ether oxygens (including phenoxy) is 1. The molecule has 0 heterocycles. The van der Waals surface area contributed by atoms with Crippen molar-refractivity contribution in [3.05, 3.63) is 6.92 Å². The van der Waals surface area contributed by atoms with Crippen molar-refractivity contribution < 1.29 is 9.13 Å². The first-order valence-electron chi connectivity index (χ1n) is 1.84. The van der Waals surface area contributed by atoms with E-state index in [1.54, 1.807) is 0 Å². The first-order valence-corrected chi connectivity index (χ1v) is 1.84. The maximum atomic E-state index is 11.0. The van der Waals surface area contributed by atoms with Crippen molar-refractivity contribution in [1.29, 1.82) is 0 Å². The lowest BCUT2D eigenvalue weighted by molar-refractivity contribution is 0.143. The van der Waals surface area contributed by atoms with Crippen LogP contribution in [0.3, 0.4) is 0 Å². The van der Waals surface area contributed by atoms with Gasteiger partial charge < -0.3 is 4.74 Å². The van der Waals surface area contributed by atoms with E-state index in [-0.39, 0.29) is 6.61 Å². The Morgan fingerprint density at radius 1 is 1.67 bits per heavy atom. The summed E-state index contributed by atoms with van der Waals surface area (Å²) in [5, 5.41) is 0. The Kier molecular flexibility index (Phi) is 4.80. The van der Waals surface area contributed by atoms with E-state index >= 15 is 0 Å². The molecule has 0 saturated carbocycles. The molecule has 1 radical (unpaired) electrons. The van der Waals surface area contributed by atoms with Gasteiger partial charge in [0.25, 0.3) is 0 Å². The van der Waals surface area contributed by atoms with Gasteiger partial charge >= 0.3 is 0 Å². The third-order valence-corrected chi connectivity index (χ3v) is 0.366. The van der Waals surface area contributed by atoms with Gasteiger partial charge in [0.15, 0.2) is 0 Å². The van der Waals surface area contributed by atoms with Gasteiger partial charge in [-0.15, -0.1) is 0 Å². The summed E-state index contributed by atoms with van der Waals surface area (Å²) in [6.07, 6.45) is 0. The monoisotopic (exact) mass is 91.1 g/mol. The fraction of sp³-hybridized carbons (Fsp3) is 0.750. The van der Waals surface area contributed by atoms with Crippen LogP contribution in [0.1, 0.15) is 0 Å². The smallest absolute Gasteiger partial charge is 0.113 e. The lowest BCUT2D eigenvalue weighted by Crippen LogP contribution is -1.93. The Bertz CT molecular complexity index is 19.5. The average Bonchev–Trinajstić information content (AvgIpc) is 1.61. The number of hydrogen-bond donors (Lipinski definition) is 0. The summed E-state index contributed by atoms with van der Waals surface area (Å²) in [5.41, 5.74) is 0. The molecule has 0 N–H and O–H groups in total. The summed E-state index contributed by atoms with van der Waals surface area (Å²) < 4.78 is 15.5. The predicted molar refractivity (Wildman–Crippen MR) is 22.2 cm³/mol. The van der Waals surface area contributed by atoms with Gasteiger partial charge in [0.2, 0.25) is 0 Å². The summed E-state index contributed by atoms with van der Waals surface area (Å²) in [6.45, 7) is 3.48. The fourth-order valence-electron chi connectivity index (χ4n) is 0.157. The molecule has 0 aromatic heterocycles. The van der Waals surface area contributed by atoms with E-state index in [2.05, 4.69) is 11.7 Å². The minimum absolute atomic E-state index is 0.184. The van der Waals surface area contributed by atoms with E-state index in [0.717, 1.165) is 0 Å². The molecule has 37 valence electrons. The zero-order chi connectivity index (χ0) is 4.83. The molecule has 0 saturated heterocycles. The molecular formula is C4H8FO. The summed E-state index contributed by atoms with van der Waals surface area (Å²) >= 11 is 0. The normalized spacial score (nSPS) is 9.00. The van der Waals surface area contributed by atoms with Crippen LogP contribution in [0.25, 0.3) is 0 Å². The van der Waals surface area contributed by atoms with Crippen molar-refractivity contribution in [2.75, 3.05) is 19.9 Å². The number of halogens is 1. The largest absolute Gasteiger partial charge is 0.379 e. The Morgan fingerprint density at radius 2 is 2.33 bits per heavy atom. The van der Waals surface area contributed by atoms with E-state index < -0.39 is 6.67 Å². The van der Waals surface area contributed by atoms with Gasteiger partial charge in [0.1, 0.15) is 6.67 Å². The molecule has 1 nitrogen and oxygen atoms in total. The molecule has 0 aliphatic heterocycles. The van der Waals surface area contributed by atoms with Crippen molar-refractivity contribution in [3.63, 3.8) is 0 Å². The summed E-state index contributed by atoms with van der Waals surface area (Å²) in [4.78, 5) is 0. The maximum Gasteiger partial charge on any atom is 0.113 e. The van der Waals surface area contributed by atoms with E-state index in [0.29, 0.717) is 6.61 Å². The van der Waals surface area contributed by atoms with Gasteiger partial charge in [-0.1, -0.05) is 0 Å². The van der Waals surface area contributed by atoms with Gasteiger partial charge in [-0.3, -0.25) is 0 Å². The molecule has 0 spiro atoms. The second-order valence-electron chi connectivity index (χ2n) is 0.801. The molecule has 0 rings (SSSR count). The minimum atomic E-state index is -0.407. The molecule has 0 atom stereocenters. The topological polar surface area (TPSA) is 9.23 Å². The highest BCUT2D eigenvalue weighted by Gasteiger charge is 1.75. The van der Waals surface area contributed by atoms with Crippen LogP contribution in [0, 0.1) is 6.92 Å². The van der Waals surface area contributed by atoms with Crippen LogP contribution < -0.4 is 0 Å². The highest BCUT2D eigenvalue weighted by molar-refractivity contribution is 4.28. The van der Waals surface area contributed by atoms with Crippen LogP contribution >= 0.6 is 0 Å². The molecule has 2 heteroatoms. The highest BCUT2D eigenvalue weighted by Crippen LogP contribution is 1.70. The van der Waals surface area contributed by atoms with Crippen molar-refractivity contribution >= 4 is 0 Å². The SMILES string of the molecule is [CH2]COCCF. The third-order valence-electron chi connectivity index (χ3n) is 0.366. The first kappa shape index (κ1) is 5.89. The zero-order valence-electron chi connectivity index (χ0n) is 3.61. The van der Waals surface area contributed by atoms with Crippen molar-refractivity contribution in [1.82, 2.24) is 0 Å². The molecule has 0 aliphatic carbocycles. The fourth-order valence-corrected chi connectivity index (χ4v) is 0.157. The van der Waals surface area contributed by atoms with Crippen LogP contribution in [0.4, 0.5) is 4.39 Å². The van der Waals surface area contributed by atoms with Gasteiger partial charge in [-0.25, -0.2) is 4.39 Å². The third kappa shape index (κ3) is 3.89. The first-order chi connectivity index (χ1) is 2.91. The van der Waals surface area contributed by atoms with Gasteiger partial charge in [-0.05, 0) is 6.92 Å². The average molecular weight is 91.1 g/mol. The van der Waals surface area contributed by atoms with Gasteiger partial charge in [-0.2, -0.15) is 0 Å². The Morgan fingerprint density at radius 3 is 2.50 bits per heavy atom. The lowest BCUT2D eigenvalue weighted by Gasteiger charge is -1.89. The Labute approximate surface area is 37.1 Å². The van der Waals surface area contributed by atoms with E-state index in [4.69, 9.17) is 0 Å². The maximum absolute atomic E-state index is 11.0. The highest BCUT2D eigenvalue weighted by atomic mass is 19.1. The van der Waals surface area contributed by atoms with Crippen molar-refractivity contribution in [2.45, 2.75) is 0 Å². The second-order valence-corrected chi connectivity index (χ2v) is 0.801. The molecule has 6 heavy (non-hydrogen) atoms. The number of alkyl halides is 1. The minimum Gasteiger partial charge on any atom is -0.379 e. The molecule has 0 aromatic rings. The van der Waals surface area contributed by atoms with Gasteiger partial charge in [0.05, 0.1) is 6.61 Å². The number of hydrogen-bond acceptors (Lipinski definition) is 1. The molecule has 0 fully saturated rings. The number of rotatable bonds is 3. The summed E-state index contributed by atoms with van der Waals surface area (Å²) in [5.74, 6) is 0. The van der Waals surface area contributed by atoms with E-state index in [1.807, 2.05) is 0 Å². The standard InChI is InChI=1S/C4H8FO/c1-2-6-4-3-5/h1-4H2. The van der Waals surface area contributed by atoms with Crippen LogP contribution in [-0.2, 0) is 4.74 Å². The molecular weight excluding hydrogens is 83.0 g/mol. The van der Waals surface area contributed by atoms with Crippen molar-refractivity contribution in [3.8, 4) is 0 Å². The molecule has 0 bridgehead atoms. The second kappa shape index (κ2) is 4.89. The van der Waals surface area contributed by atoms with E-state index in [1.165, 1.54) is 0 Å². The van der Waals surface area contributed by atoms with Crippen LogP contribution in [0.15, 0.2) is 0 Å². The van der Waals surface area contributed by atoms with Crippen molar-refractivity contribution in [2.24, 2.45) is 0 Å². The Balaban J connectivity index is 2.34. The quantitative estimate of drug-likeness (QED) is 0.467. The predicted octanol–water partition coefficient (Wildman–Crippen LogP) is 0.807. The molecule has 0 unspecified atom stereocenters. The summed E-state index contributed by atoms with van der Waals surface area (Å²) in [6, 6.07) is 0. The molecule has 0 aromatic carbocycles. The zero-order valence-corrected chi connectivity index (χ0v) is 3.61. The van der Waals surface area contributed by atoms with Gasteiger partial charge in [0, 0.05) is 6.61 Å².